The van der Waals surface area contributed by atoms with Crippen molar-refractivity contribution in [3.63, 3.8) is 0 Å². The number of rotatable bonds is 0. The molecule has 0 spiro atoms. The number of para-hydroxylation sites is 2. The van der Waals surface area contributed by atoms with Gasteiger partial charge >= 0.3 is 29.6 Å². The Morgan fingerprint density at radius 3 is 2.00 bits per heavy atom. The first-order valence-electron chi connectivity index (χ1n) is 3.03. The minimum Gasteiger partial charge on any atom is -0.366 e. The molecule has 1 aromatic rings. The van der Waals surface area contributed by atoms with Crippen molar-refractivity contribution >= 4 is 40.9 Å². The molecule has 0 aromatic heterocycles. The van der Waals surface area contributed by atoms with Crippen molar-refractivity contribution in [3.8, 4) is 0 Å². The van der Waals surface area contributed by atoms with E-state index in [-0.39, 0.29) is 29.6 Å². The van der Waals surface area contributed by atoms with Gasteiger partial charge in [0.25, 0.3) is 0 Å². The van der Waals surface area contributed by atoms with Crippen LogP contribution in [0.1, 0.15) is 0 Å². The smallest absolute Gasteiger partial charge is 0.0850 e. The van der Waals surface area contributed by atoms with Crippen molar-refractivity contribution in [2.75, 3.05) is 17.3 Å². The molecular weight excluding hydrogens is 135 g/mol. The predicted molar refractivity (Wildman–Crippen MR) is 45.7 cm³/mol. The van der Waals surface area contributed by atoms with Crippen molar-refractivity contribution in [2.45, 2.75) is 0 Å². The van der Waals surface area contributed by atoms with Crippen LogP contribution in [0.25, 0.3) is 0 Å². The van der Waals surface area contributed by atoms with E-state index in [9.17, 15) is 0 Å². The molecule has 2 nitrogen and oxygen atoms in total. The Kier molecular flexibility index (Phi) is 2.60. The van der Waals surface area contributed by atoms with E-state index in [4.69, 9.17) is 0 Å². The quantitative estimate of drug-likeness (QED) is 0.527. The summed E-state index contributed by atoms with van der Waals surface area (Å²) in [6, 6.07) is 8.18. The number of anilines is 2. The van der Waals surface area contributed by atoms with Crippen LogP contribution in [0.2, 0.25) is 0 Å². The van der Waals surface area contributed by atoms with Gasteiger partial charge in [0, 0.05) is 0 Å². The number of fused-ring (bicyclic) bond motifs is 1. The van der Waals surface area contributed by atoms with Crippen molar-refractivity contribution in [1.29, 1.82) is 0 Å². The molecule has 3 heteroatoms. The molecule has 1 aromatic carbocycles. The zero-order chi connectivity index (χ0) is 6.10. The summed E-state index contributed by atoms with van der Waals surface area (Å²) in [7, 11) is 0. The first-order valence-corrected chi connectivity index (χ1v) is 3.03. The largest absolute Gasteiger partial charge is 0.366 e. The standard InChI is InChI=1S/C7H8N2.Na.H/c1-2-4-7-6(3-1)8-5-9-7;;/h1-4,8-9H,5H2;;. The van der Waals surface area contributed by atoms with Gasteiger partial charge in [0.1, 0.15) is 0 Å². The Bertz CT molecular complexity index is 202. The third-order valence-electron chi connectivity index (χ3n) is 1.48. The summed E-state index contributed by atoms with van der Waals surface area (Å²) in [5.41, 5.74) is 2.41. The van der Waals surface area contributed by atoms with E-state index in [1.807, 2.05) is 12.1 Å². The van der Waals surface area contributed by atoms with Gasteiger partial charge in [0.05, 0.1) is 18.0 Å². The fraction of sp³-hybridized carbons (Fsp3) is 0.143. The minimum atomic E-state index is 0. The first-order chi connectivity index (χ1) is 4.47. The van der Waals surface area contributed by atoms with Gasteiger partial charge < -0.3 is 10.6 Å². The van der Waals surface area contributed by atoms with Crippen LogP contribution in [-0.4, -0.2) is 36.2 Å². The second kappa shape index (κ2) is 3.28. The molecule has 0 bridgehead atoms. The molecule has 0 atom stereocenters. The van der Waals surface area contributed by atoms with Crippen LogP contribution in [0, 0.1) is 0 Å². The van der Waals surface area contributed by atoms with E-state index in [0.29, 0.717) is 0 Å². The van der Waals surface area contributed by atoms with Crippen LogP contribution in [0.4, 0.5) is 11.4 Å². The van der Waals surface area contributed by atoms with Crippen molar-refractivity contribution in [3.05, 3.63) is 24.3 Å². The van der Waals surface area contributed by atoms with E-state index < -0.39 is 0 Å². The Hall–Kier alpha value is -0.180. The van der Waals surface area contributed by atoms with E-state index in [1.165, 1.54) is 11.4 Å². The Morgan fingerprint density at radius 2 is 1.50 bits per heavy atom. The molecule has 0 amide bonds. The van der Waals surface area contributed by atoms with Crippen LogP contribution < -0.4 is 10.6 Å². The maximum Gasteiger partial charge on any atom is 0.0850 e. The van der Waals surface area contributed by atoms with E-state index >= 15 is 0 Å². The average molecular weight is 144 g/mol. The maximum atomic E-state index is 3.19. The fourth-order valence-corrected chi connectivity index (χ4v) is 1.03. The van der Waals surface area contributed by atoms with Gasteiger partial charge in [-0.1, -0.05) is 12.1 Å². The second-order valence-electron chi connectivity index (χ2n) is 2.08. The third-order valence-corrected chi connectivity index (χ3v) is 1.48. The normalized spacial score (nSPS) is 12.4. The predicted octanol–water partition coefficient (Wildman–Crippen LogP) is 0.833. The second-order valence-corrected chi connectivity index (χ2v) is 2.08. The van der Waals surface area contributed by atoms with Gasteiger partial charge in [-0.3, -0.25) is 0 Å². The van der Waals surface area contributed by atoms with E-state index in [2.05, 4.69) is 22.8 Å². The van der Waals surface area contributed by atoms with Crippen LogP contribution >= 0.6 is 0 Å². The average Bonchev–Trinajstić information content (AvgIpc) is 2.33. The van der Waals surface area contributed by atoms with Crippen LogP contribution in [0.15, 0.2) is 24.3 Å². The number of hydrogen-bond donors (Lipinski definition) is 2. The van der Waals surface area contributed by atoms with E-state index in [1.54, 1.807) is 0 Å². The molecule has 0 saturated heterocycles. The topological polar surface area (TPSA) is 24.1 Å². The van der Waals surface area contributed by atoms with Gasteiger partial charge in [-0.2, -0.15) is 0 Å². The zero-order valence-corrected chi connectivity index (χ0v) is 5.02. The summed E-state index contributed by atoms with van der Waals surface area (Å²) >= 11 is 0. The first kappa shape index (κ1) is 7.92. The van der Waals surface area contributed by atoms with Gasteiger partial charge in [-0.05, 0) is 12.1 Å². The Morgan fingerprint density at radius 1 is 1.00 bits per heavy atom. The Balaban J connectivity index is 0.000000500. The molecule has 0 saturated carbocycles. The molecular formula is C7H9N2Na. The van der Waals surface area contributed by atoms with Crippen LogP contribution in [0.3, 0.4) is 0 Å². The summed E-state index contributed by atoms with van der Waals surface area (Å²) in [6.45, 7) is 0.860. The van der Waals surface area contributed by atoms with Crippen LogP contribution in [0.5, 0.6) is 0 Å². The molecule has 48 valence electrons. The molecule has 10 heavy (non-hydrogen) atoms. The summed E-state index contributed by atoms with van der Waals surface area (Å²) in [4.78, 5) is 0. The zero-order valence-electron chi connectivity index (χ0n) is 5.02. The fourth-order valence-electron chi connectivity index (χ4n) is 1.03. The number of nitrogens with one attached hydrogen (secondary N) is 2. The van der Waals surface area contributed by atoms with Crippen LogP contribution in [-0.2, 0) is 0 Å². The molecule has 2 rings (SSSR count). The monoisotopic (exact) mass is 144 g/mol. The molecule has 1 aliphatic rings. The molecule has 0 unspecified atom stereocenters. The molecule has 1 heterocycles. The number of benzene rings is 1. The summed E-state index contributed by atoms with van der Waals surface area (Å²) in [5, 5.41) is 6.38. The molecule has 1 aliphatic heterocycles. The minimum absolute atomic E-state index is 0. The summed E-state index contributed by atoms with van der Waals surface area (Å²) in [5.74, 6) is 0. The van der Waals surface area contributed by atoms with Crippen molar-refractivity contribution in [2.24, 2.45) is 0 Å². The summed E-state index contributed by atoms with van der Waals surface area (Å²) < 4.78 is 0. The molecule has 0 fully saturated rings. The van der Waals surface area contributed by atoms with Gasteiger partial charge in [-0.15, -0.1) is 0 Å². The van der Waals surface area contributed by atoms with Crippen molar-refractivity contribution < 1.29 is 0 Å². The SMILES string of the molecule is [NaH].c1ccc2c(c1)NCN2. The number of hydrogen-bond acceptors (Lipinski definition) is 2. The van der Waals surface area contributed by atoms with E-state index in [0.717, 1.165) is 6.67 Å². The van der Waals surface area contributed by atoms with Gasteiger partial charge in [0.15, 0.2) is 0 Å². The summed E-state index contributed by atoms with van der Waals surface area (Å²) in [6.07, 6.45) is 0. The van der Waals surface area contributed by atoms with Gasteiger partial charge in [0.2, 0.25) is 0 Å². The molecule has 0 radical (unpaired) electrons. The Labute approximate surface area is 82.3 Å². The molecule has 2 N–H and O–H groups in total. The third kappa shape index (κ3) is 1.29. The molecule has 0 aliphatic carbocycles. The maximum absolute atomic E-state index is 3.19. The van der Waals surface area contributed by atoms with Gasteiger partial charge in [-0.25, -0.2) is 0 Å². The van der Waals surface area contributed by atoms with Crippen molar-refractivity contribution in [1.82, 2.24) is 0 Å².